The Labute approximate surface area is 143 Å². The van der Waals surface area contributed by atoms with Crippen molar-refractivity contribution in [2.45, 2.75) is 13.3 Å². The lowest BCUT2D eigenvalue weighted by Crippen LogP contribution is -1.91. The van der Waals surface area contributed by atoms with Gasteiger partial charge in [0.05, 0.1) is 7.11 Å². The van der Waals surface area contributed by atoms with Crippen LogP contribution >= 0.6 is 11.3 Å². The van der Waals surface area contributed by atoms with Crippen molar-refractivity contribution in [1.82, 2.24) is 19.8 Å². The van der Waals surface area contributed by atoms with E-state index in [9.17, 15) is 0 Å². The van der Waals surface area contributed by atoms with Crippen molar-refractivity contribution < 1.29 is 4.74 Å². The maximum atomic E-state index is 5.20. The predicted molar refractivity (Wildman–Crippen MR) is 95.5 cm³/mol. The molecule has 0 unspecified atom stereocenters. The van der Waals surface area contributed by atoms with E-state index < -0.39 is 0 Å². The van der Waals surface area contributed by atoms with E-state index in [2.05, 4.69) is 41.4 Å². The average Bonchev–Trinajstić information content (AvgIpc) is 3.22. The van der Waals surface area contributed by atoms with Gasteiger partial charge in [-0.05, 0) is 36.2 Å². The summed E-state index contributed by atoms with van der Waals surface area (Å²) in [5, 5.41) is 14.2. The summed E-state index contributed by atoms with van der Waals surface area (Å²) in [5.74, 6) is 1.55. The quantitative estimate of drug-likeness (QED) is 0.563. The van der Waals surface area contributed by atoms with Gasteiger partial charge >= 0.3 is 0 Å². The third kappa shape index (κ3) is 2.55. The molecular formula is C18H16N4OS. The minimum atomic E-state index is 0.736. The van der Waals surface area contributed by atoms with Crippen molar-refractivity contribution in [1.29, 1.82) is 0 Å². The van der Waals surface area contributed by atoms with Gasteiger partial charge in [-0.2, -0.15) is 9.61 Å². The number of methoxy groups -OCH3 is 1. The standard InChI is InChI=1S/C18H16N4OS/c1-3-12-4-6-14(7-5-12)17-21-22-16(19-20-18(22)24-17)13-8-10-15(23-2)11-9-13/h4-11H,3H2,1-2H3. The van der Waals surface area contributed by atoms with Gasteiger partial charge in [0.15, 0.2) is 5.82 Å². The van der Waals surface area contributed by atoms with Crippen LogP contribution in [0.1, 0.15) is 12.5 Å². The minimum Gasteiger partial charge on any atom is -0.497 e. The van der Waals surface area contributed by atoms with Gasteiger partial charge in [0.2, 0.25) is 4.96 Å². The molecule has 4 aromatic rings. The van der Waals surface area contributed by atoms with Crippen molar-refractivity contribution in [2.75, 3.05) is 7.11 Å². The number of fused-ring (bicyclic) bond motifs is 1. The molecule has 0 radical (unpaired) electrons. The summed E-state index contributed by atoms with van der Waals surface area (Å²) in [5.41, 5.74) is 3.38. The first kappa shape index (κ1) is 14.8. The maximum absolute atomic E-state index is 5.20. The Balaban J connectivity index is 1.74. The van der Waals surface area contributed by atoms with E-state index >= 15 is 0 Å². The molecule has 0 spiro atoms. The van der Waals surface area contributed by atoms with Gasteiger partial charge in [0.1, 0.15) is 10.8 Å². The number of aromatic nitrogens is 4. The Morgan fingerprint density at radius 1 is 0.958 bits per heavy atom. The fourth-order valence-corrected chi connectivity index (χ4v) is 3.38. The van der Waals surface area contributed by atoms with Crippen molar-refractivity contribution >= 4 is 16.3 Å². The van der Waals surface area contributed by atoms with Crippen LogP contribution in [0.4, 0.5) is 0 Å². The van der Waals surface area contributed by atoms with E-state index in [0.717, 1.165) is 39.1 Å². The molecule has 0 atom stereocenters. The molecule has 2 aromatic carbocycles. The second kappa shape index (κ2) is 6.05. The van der Waals surface area contributed by atoms with Crippen molar-refractivity contribution in [3.63, 3.8) is 0 Å². The first-order valence-corrected chi connectivity index (χ1v) is 8.56. The van der Waals surface area contributed by atoms with E-state index in [1.165, 1.54) is 5.56 Å². The molecule has 0 amide bonds. The summed E-state index contributed by atoms with van der Waals surface area (Å²) in [6.45, 7) is 2.15. The maximum Gasteiger partial charge on any atom is 0.235 e. The number of rotatable bonds is 4. The zero-order valence-corrected chi connectivity index (χ0v) is 14.2. The summed E-state index contributed by atoms with van der Waals surface area (Å²) in [6.07, 6.45) is 1.03. The second-order valence-electron chi connectivity index (χ2n) is 5.40. The molecule has 0 N–H and O–H groups in total. The van der Waals surface area contributed by atoms with Gasteiger partial charge in [0, 0.05) is 11.1 Å². The van der Waals surface area contributed by atoms with E-state index in [-0.39, 0.29) is 0 Å². The molecule has 0 saturated heterocycles. The second-order valence-corrected chi connectivity index (χ2v) is 6.36. The van der Waals surface area contributed by atoms with Crippen LogP contribution in [-0.2, 0) is 6.42 Å². The van der Waals surface area contributed by atoms with Gasteiger partial charge in [-0.1, -0.05) is 42.5 Å². The third-order valence-electron chi connectivity index (χ3n) is 3.95. The van der Waals surface area contributed by atoms with Gasteiger partial charge < -0.3 is 4.74 Å². The largest absolute Gasteiger partial charge is 0.497 e. The number of benzene rings is 2. The highest BCUT2D eigenvalue weighted by atomic mass is 32.1. The number of hydrogen-bond acceptors (Lipinski definition) is 5. The normalized spacial score (nSPS) is 11.1. The van der Waals surface area contributed by atoms with Crippen molar-refractivity contribution in [3.8, 4) is 27.7 Å². The Morgan fingerprint density at radius 2 is 1.67 bits per heavy atom. The smallest absolute Gasteiger partial charge is 0.235 e. The Kier molecular flexibility index (Phi) is 3.74. The first-order chi connectivity index (χ1) is 11.8. The highest BCUT2D eigenvalue weighted by Gasteiger charge is 2.14. The van der Waals surface area contributed by atoms with Crippen molar-refractivity contribution in [2.24, 2.45) is 0 Å². The van der Waals surface area contributed by atoms with E-state index in [1.807, 2.05) is 24.3 Å². The molecular weight excluding hydrogens is 320 g/mol. The van der Waals surface area contributed by atoms with Crippen LogP contribution in [-0.4, -0.2) is 26.9 Å². The lowest BCUT2D eigenvalue weighted by atomic mass is 10.1. The third-order valence-corrected chi connectivity index (χ3v) is 4.90. The van der Waals surface area contributed by atoms with Gasteiger partial charge in [-0.15, -0.1) is 10.2 Å². The molecule has 0 aliphatic carbocycles. The molecule has 0 bridgehead atoms. The number of hydrogen-bond donors (Lipinski definition) is 0. The molecule has 0 aliphatic rings. The van der Waals surface area contributed by atoms with Crippen LogP contribution in [0.15, 0.2) is 48.5 Å². The van der Waals surface area contributed by atoms with E-state index in [4.69, 9.17) is 9.84 Å². The zero-order valence-electron chi connectivity index (χ0n) is 13.4. The lowest BCUT2D eigenvalue weighted by Gasteiger charge is -2.01. The molecule has 0 aliphatic heterocycles. The molecule has 0 saturated carbocycles. The highest BCUT2D eigenvalue weighted by Crippen LogP contribution is 2.28. The molecule has 24 heavy (non-hydrogen) atoms. The SMILES string of the molecule is CCc1ccc(-c2nn3c(-c4ccc(OC)cc4)nnc3s2)cc1. The van der Waals surface area contributed by atoms with Gasteiger partial charge in [-0.25, -0.2) is 0 Å². The van der Waals surface area contributed by atoms with Crippen LogP contribution in [0, 0.1) is 0 Å². The molecule has 4 rings (SSSR count). The van der Waals surface area contributed by atoms with E-state index in [1.54, 1.807) is 23.0 Å². The zero-order chi connectivity index (χ0) is 16.5. The molecule has 2 aromatic heterocycles. The Morgan fingerprint density at radius 3 is 2.33 bits per heavy atom. The molecule has 0 fully saturated rings. The van der Waals surface area contributed by atoms with Crippen molar-refractivity contribution in [3.05, 3.63) is 54.1 Å². The van der Waals surface area contributed by atoms with Gasteiger partial charge in [0.25, 0.3) is 0 Å². The summed E-state index contributed by atoms with van der Waals surface area (Å²) >= 11 is 1.54. The molecule has 6 heteroatoms. The van der Waals surface area contributed by atoms with Crippen LogP contribution in [0.3, 0.4) is 0 Å². The summed E-state index contributed by atoms with van der Waals surface area (Å²) in [7, 11) is 1.65. The topological polar surface area (TPSA) is 52.3 Å². The Bertz CT molecular complexity index is 971. The Hall–Kier alpha value is -2.73. The monoisotopic (exact) mass is 336 g/mol. The fraction of sp³-hybridized carbons (Fsp3) is 0.167. The number of ether oxygens (including phenoxy) is 1. The van der Waals surface area contributed by atoms with Crippen LogP contribution in [0.5, 0.6) is 5.75 Å². The molecule has 120 valence electrons. The van der Waals surface area contributed by atoms with Crippen LogP contribution < -0.4 is 4.74 Å². The summed E-state index contributed by atoms with van der Waals surface area (Å²) in [6, 6.07) is 16.2. The number of aryl methyl sites for hydroxylation is 1. The lowest BCUT2D eigenvalue weighted by molar-refractivity contribution is 0.415. The predicted octanol–water partition coefficient (Wildman–Crippen LogP) is 4.09. The average molecular weight is 336 g/mol. The molecule has 2 heterocycles. The van der Waals surface area contributed by atoms with E-state index in [0.29, 0.717) is 0 Å². The van der Waals surface area contributed by atoms with Crippen LogP contribution in [0.2, 0.25) is 0 Å². The fourth-order valence-electron chi connectivity index (χ4n) is 2.54. The number of nitrogens with zero attached hydrogens (tertiary/aromatic N) is 4. The van der Waals surface area contributed by atoms with Gasteiger partial charge in [-0.3, -0.25) is 0 Å². The highest BCUT2D eigenvalue weighted by molar-refractivity contribution is 7.19. The first-order valence-electron chi connectivity index (χ1n) is 7.74. The summed E-state index contributed by atoms with van der Waals surface area (Å²) < 4.78 is 7.00. The minimum absolute atomic E-state index is 0.736. The molecule has 5 nitrogen and oxygen atoms in total. The summed E-state index contributed by atoms with van der Waals surface area (Å²) in [4.78, 5) is 0.787. The van der Waals surface area contributed by atoms with Crippen LogP contribution in [0.25, 0.3) is 26.9 Å².